The second-order valence-electron chi connectivity index (χ2n) is 8.54. The molecule has 0 saturated carbocycles. The number of carbonyl (C=O) groups is 1. The van der Waals surface area contributed by atoms with Crippen molar-refractivity contribution in [3.8, 4) is 28.5 Å². The molecule has 1 aliphatic rings. The zero-order chi connectivity index (χ0) is 23.9. The zero-order valence-corrected chi connectivity index (χ0v) is 18.7. The third kappa shape index (κ3) is 4.01. The van der Waals surface area contributed by atoms with Gasteiger partial charge in [-0.25, -0.2) is 9.50 Å². The maximum absolute atomic E-state index is 12.8. The molecule has 0 radical (unpaired) electrons. The number of fused-ring (bicyclic) bond motifs is 1. The highest BCUT2D eigenvalue weighted by Crippen LogP contribution is 2.35. The fourth-order valence-corrected chi connectivity index (χ4v) is 4.01. The van der Waals surface area contributed by atoms with Crippen molar-refractivity contribution in [2.24, 2.45) is 0 Å². The number of benzene rings is 1. The van der Waals surface area contributed by atoms with E-state index < -0.39 is 11.5 Å². The summed E-state index contributed by atoms with van der Waals surface area (Å²) in [4.78, 5) is 21.9. The summed E-state index contributed by atoms with van der Waals surface area (Å²) in [6.45, 7) is 4.30. The number of hydrogen-bond acceptors (Lipinski definition) is 7. The molecule has 9 nitrogen and oxygen atoms in total. The molecule has 3 aromatic heterocycles. The monoisotopic (exact) mass is 454 g/mol. The Morgan fingerprint density at radius 3 is 2.62 bits per heavy atom. The van der Waals surface area contributed by atoms with Crippen molar-refractivity contribution in [3.05, 3.63) is 71.3 Å². The Balaban J connectivity index is 1.64. The van der Waals surface area contributed by atoms with Gasteiger partial charge in [0, 0.05) is 23.1 Å². The van der Waals surface area contributed by atoms with Gasteiger partial charge in [0.2, 0.25) is 0 Å². The second-order valence-corrected chi connectivity index (χ2v) is 8.54. The van der Waals surface area contributed by atoms with E-state index in [2.05, 4.69) is 21.4 Å². The van der Waals surface area contributed by atoms with Crippen molar-refractivity contribution < 1.29 is 14.6 Å². The summed E-state index contributed by atoms with van der Waals surface area (Å²) in [5.41, 5.74) is 4.90. The van der Waals surface area contributed by atoms with Gasteiger partial charge in [0.1, 0.15) is 17.0 Å². The van der Waals surface area contributed by atoms with Crippen LogP contribution in [-0.2, 0) is 4.74 Å². The number of hydrogen-bond donors (Lipinski definition) is 2. The lowest BCUT2D eigenvalue weighted by atomic mass is 9.99. The third-order valence-electron chi connectivity index (χ3n) is 5.67. The molecule has 0 bridgehead atoms. The molecule has 34 heavy (non-hydrogen) atoms. The smallest absolute Gasteiger partial charge is 0.270 e. The van der Waals surface area contributed by atoms with Crippen molar-refractivity contribution in [1.82, 2.24) is 24.9 Å². The summed E-state index contributed by atoms with van der Waals surface area (Å²) in [6, 6.07) is 14.9. The normalized spacial score (nSPS) is 14.4. The molecular formula is C25H22N6O3. The van der Waals surface area contributed by atoms with Crippen LogP contribution in [0.3, 0.4) is 0 Å². The van der Waals surface area contributed by atoms with Crippen molar-refractivity contribution in [2.75, 3.05) is 19.8 Å². The Morgan fingerprint density at radius 1 is 1.18 bits per heavy atom. The van der Waals surface area contributed by atoms with E-state index in [1.807, 2.05) is 38.1 Å². The van der Waals surface area contributed by atoms with Crippen LogP contribution in [0.15, 0.2) is 48.7 Å². The van der Waals surface area contributed by atoms with Crippen LogP contribution in [0.1, 0.15) is 27.4 Å². The lowest BCUT2D eigenvalue weighted by Gasteiger charge is -2.36. The van der Waals surface area contributed by atoms with Gasteiger partial charge >= 0.3 is 0 Å². The molecule has 0 spiro atoms. The topological polar surface area (TPSA) is 125 Å². The van der Waals surface area contributed by atoms with Crippen LogP contribution in [0.5, 0.6) is 0 Å². The van der Waals surface area contributed by atoms with Gasteiger partial charge in [-0.05, 0) is 49.7 Å². The van der Waals surface area contributed by atoms with E-state index in [1.54, 1.807) is 28.9 Å². The Kier molecular flexibility index (Phi) is 5.32. The molecule has 0 unspecified atom stereocenters. The van der Waals surface area contributed by atoms with Gasteiger partial charge in [-0.15, -0.1) is 0 Å². The van der Waals surface area contributed by atoms with Gasteiger partial charge in [0.15, 0.2) is 5.65 Å². The van der Waals surface area contributed by atoms with Crippen LogP contribution in [0, 0.1) is 25.2 Å². The molecule has 170 valence electrons. The highest BCUT2D eigenvalue weighted by molar-refractivity contribution is 5.95. The SMILES string of the molecule is Cc1cc(-c2c(-c3cccc(C#N)c3)nn3ccc(C(=O)NCC4(O)COC4)nc23)cc(C)n1. The number of carbonyl (C=O) groups excluding carboxylic acids is 1. The Hall–Kier alpha value is -4.13. The molecule has 2 N–H and O–H groups in total. The fraction of sp³-hybridized carbons (Fsp3) is 0.240. The maximum atomic E-state index is 12.8. The number of aliphatic hydroxyl groups is 1. The number of aromatic nitrogens is 4. The number of amides is 1. The van der Waals surface area contributed by atoms with Gasteiger partial charge in [0.25, 0.3) is 5.91 Å². The van der Waals surface area contributed by atoms with Crippen LogP contribution in [0.2, 0.25) is 0 Å². The number of nitriles is 1. The molecule has 1 saturated heterocycles. The van der Waals surface area contributed by atoms with E-state index in [9.17, 15) is 15.2 Å². The lowest BCUT2D eigenvalue weighted by Crippen LogP contribution is -2.57. The van der Waals surface area contributed by atoms with Crippen LogP contribution in [0.4, 0.5) is 0 Å². The number of pyridine rings is 1. The first-order valence-corrected chi connectivity index (χ1v) is 10.8. The summed E-state index contributed by atoms with van der Waals surface area (Å²) < 4.78 is 6.65. The van der Waals surface area contributed by atoms with Crippen LogP contribution < -0.4 is 5.32 Å². The van der Waals surface area contributed by atoms with Gasteiger partial charge in [0.05, 0.1) is 37.0 Å². The second kappa shape index (κ2) is 8.33. The van der Waals surface area contributed by atoms with E-state index >= 15 is 0 Å². The van der Waals surface area contributed by atoms with Crippen molar-refractivity contribution in [3.63, 3.8) is 0 Å². The largest absolute Gasteiger partial charge is 0.383 e. The van der Waals surface area contributed by atoms with Gasteiger partial charge in [-0.2, -0.15) is 10.4 Å². The van der Waals surface area contributed by atoms with Crippen LogP contribution in [0.25, 0.3) is 28.0 Å². The van der Waals surface area contributed by atoms with Gasteiger partial charge in [-0.3, -0.25) is 9.78 Å². The predicted octanol–water partition coefficient (Wildman–Crippen LogP) is 2.44. The summed E-state index contributed by atoms with van der Waals surface area (Å²) >= 11 is 0. The quantitative estimate of drug-likeness (QED) is 0.474. The summed E-state index contributed by atoms with van der Waals surface area (Å²) in [5, 5.41) is 27.0. The standard InChI is InChI=1S/C25H22N6O3/c1-15-8-19(9-16(2)28-15)21-22(18-5-3-4-17(10-18)11-26)30-31-7-6-20(29-23(21)31)24(32)27-12-25(33)13-34-14-25/h3-10,33H,12-14H2,1-2H3,(H,27,32). The molecule has 5 rings (SSSR count). The van der Waals surface area contributed by atoms with Crippen molar-refractivity contribution >= 4 is 11.6 Å². The lowest BCUT2D eigenvalue weighted by molar-refractivity contribution is -0.173. The molecule has 4 heterocycles. The fourth-order valence-electron chi connectivity index (χ4n) is 4.01. The van der Waals surface area contributed by atoms with Gasteiger partial charge in [-0.1, -0.05) is 12.1 Å². The third-order valence-corrected chi connectivity index (χ3v) is 5.67. The molecule has 1 amide bonds. The molecule has 1 aromatic carbocycles. The number of rotatable bonds is 5. The number of ether oxygens (including phenoxy) is 1. The highest BCUT2D eigenvalue weighted by Gasteiger charge is 2.36. The first-order chi connectivity index (χ1) is 16.3. The minimum Gasteiger partial charge on any atom is -0.383 e. The maximum Gasteiger partial charge on any atom is 0.270 e. The minimum atomic E-state index is -1.04. The molecule has 0 atom stereocenters. The van der Waals surface area contributed by atoms with Crippen LogP contribution >= 0.6 is 0 Å². The van der Waals surface area contributed by atoms with E-state index in [1.165, 1.54) is 0 Å². The summed E-state index contributed by atoms with van der Waals surface area (Å²) in [5.74, 6) is -0.398. The summed E-state index contributed by atoms with van der Waals surface area (Å²) in [6.07, 6.45) is 1.68. The average molecular weight is 454 g/mol. The summed E-state index contributed by atoms with van der Waals surface area (Å²) in [7, 11) is 0. The molecular weight excluding hydrogens is 432 g/mol. The molecule has 0 aliphatic carbocycles. The molecule has 4 aromatic rings. The first kappa shape index (κ1) is 21.7. The molecule has 9 heteroatoms. The Labute approximate surface area is 195 Å². The number of aryl methyl sites for hydroxylation is 2. The Morgan fingerprint density at radius 2 is 1.94 bits per heavy atom. The molecule has 1 fully saturated rings. The average Bonchev–Trinajstić information content (AvgIpc) is 3.19. The zero-order valence-electron chi connectivity index (χ0n) is 18.7. The van der Waals surface area contributed by atoms with E-state index in [0.29, 0.717) is 16.9 Å². The number of nitrogens with zero attached hydrogens (tertiary/aromatic N) is 5. The molecule has 1 aliphatic heterocycles. The minimum absolute atomic E-state index is 0.0831. The van der Waals surface area contributed by atoms with Crippen LogP contribution in [-0.4, -0.2) is 56.0 Å². The first-order valence-electron chi connectivity index (χ1n) is 10.8. The van der Waals surface area contributed by atoms with Crippen molar-refractivity contribution in [1.29, 1.82) is 5.26 Å². The van der Waals surface area contributed by atoms with E-state index in [0.717, 1.165) is 28.1 Å². The Bertz CT molecular complexity index is 1450. The van der Waals surface area contributed by atoms with Gasteiger partial charge < -0.3 is 15.2 Å². The number of nitrogens with one attached hydrogen (secondary N) is 1. The van der Waals surface area contributed by atoms with E-state index in [4.69, 9.17) is 9.84 Å². The predicted molar refractivity (Wildman–Crippen MR) is 124 cm³/mol. The van der Waals surface area contributed by atoms with Crippen molar-refractivity contribution in [2.45, 2.75) is 19.4 Å². The van der Waals surface area contributed by atoms with E-state index in [-0.39, 0.29) is 25.5 Å². The highest BCUT2D eigenvalue weighted by atomic mass is 16.5.